The van der Waals surface area contributed by atoms with Gasteiger partial charge >= 0.3 is 6.09 Å². The molecule has 0 radical (unpaired) electrons. The molecule has 1 saturated heterocycles. The van der Waals surface area contributed by atoms with Crippen LogP contribution in [0.15, 0.2) is 18.2 Å². The summed E-state index contributed by atoms with van der Waals surface area (Å²) in [5.74, 6) is -1.09. The zero-order chi connectivity index (χ0) is 22.4. The summed E-state index contributed by atoms with van der Waals surface area (Å²) in [7, 11) is 0. The number of nitrogens with two attached hydrogens (primary N) is 1. The van der Waals surface area contributed by atoms with E-state index in [-0.39, 0.29) is 37.8 Å². The second-order valence-corrected chi connectivity index (χ2v) is 7.14. The number of rotatable bonds is 9. The largest absolute Gasteiger partial charge is 0.420 e. The van der Waals surface area contributed by atoms with Crippen LogP contribution in [0.4, 0.5) is 10.5 Å². The molecule has 4 N–H and O–H groups in total. The molecule has 4 amide bonds. The molecule has 2 aliphatic rings. The Morgan fingerprint density at radius 1 is 1.29 bits per heavy atom. The molecule has 0 aromatic heterocycles. The van der Waals surface area contributed by atoms with Crippen molar-refractivity contribution in [1.29, 1.82) is 0 Å². The standard InChI is InChI=1S/C20H26N4O7/c1-12(30-9-8-29-7-6-21)31-20(28)22-14-2-3-15-13(10-14)11-24(19(15)27)16-4-5-17(25)23-18(16)26/h2-3,10,12,16H,4-9,11,21H2,1H3,(H,22,28)(H,23,25,26). The van der Waals surface area contributed by atoms with E-state index in [1.807, 2.05) is 0 Å². The Bertz CT molecular complexity index is 860. The van der Waals surface area contributed by atoms with Gasteiger partial charge in [-0.2, -0.15) is 0 Å². The summed E-state index contributed by atoms with van der Waals surface area (Å²) in [5.41, 5.74) is 6.89. The maximum Gasteiger partial charge on any atom is 0.413 e. The smallest absolute Gasteiger partial charge is 0.413 e. The van der Waals surface area contributed by atoms with Crippen LogP contribution in [0, 0.1) is 0 Å². The van der Waals surface area contributed by atoms with Crippen LogP contribution in [0.25, 0.3) is 0 Å². The second-order valence-electron chi connectivity index (χ2n) is 7.14. The molecule has 0 spiro atoms. The lowest BCUT2D eigenvalue weighted by atomic mass is 10.0. The summed E-state index contributed by atoms with van der Waals surface area (Å²) >= 11 is 0. The van der Waals surface area contributed by atoms with Gasteiger partial charge in [-0.15, -0.1) is 0 Å². The van der Waals surface area contributed by atoms with E-state index < -0.39 is 24.3 Å². The van der Waals surface area contributed by atoms with Crippen LogP contribution in [-0.2, 0) is 30.3 Å². The number of hydrogen-bond donors (Lipinski definition) is 3. The minimum Gasteiger partial charge on any atom is -0.420 e. The van der Waals surface area contributed by atoms with Crippen molar-refractivity contribution >= 4 is 29.5 Å². The van der Waals surface area contributed by atoms with Crippen molar-refractivity contribution in [2.24, 2.45) is 5.73 Å². The van der Waals surface area contributed by atoms with E-state index in [1.165, 1.54) is 4.90 Å². The quantitative estimate of drug-likeness (QED) is 0.286. The number of ether oxygens (including phenoxy) is 3. The molecular weight excluding hydrogens is 408 g/mol. The molecule has 31 heavy (non-hydrogen) atoms. The molecule has 2 unspecified atom stereocenters. The average Bonchev–Trinajstić information content (AvgIpc) is 3.03. The summed E-state index contributed by atoms with van der Waals surface area (Å²) in [6.45, 7) is 3.25. The molecule has 1 aromatic carbocycles. The van der Waals surface area contributed by atoms with Crippen molar-refractivity contribution < 1.29 is 33.4 Å². The van der Waals surface area contributed by atoms with Gasteiger partial charge in [-0.25, -0.2) is 4.79 Å². The number of nitrogens with one attached hydrogen (secondary N) is 2. The summed E-state index contributed by atoms with van der Waals surface area (Å²) in [6, 6.07) is 4.14. The normalized spacial score (nSPS) is 19.1. The highest BCUT2D eigenvalue weighted by atomic mass is 16.7. The first-order valence-corrected chi connectivity index (χ1v) is 10.0. The van der Waals surface area contributed by atoms with Crippen LogP contribution in [0.5, 0.6) is 0 Å². The predicted molar refractivity (Wildman–Crippen MR) is 108 cm³/mol. The lowest BCUT2D eigenvalue weighted by Crippen LogP contribution is -2.52. The number of hydrogen-bond acceptors (Lipinski definition) is 8. The fourth-order valence-corrected chi connectivity index (χ4v) is 3.44. The van der Waals surface area contributed by atoms with Crippen molar-refractivity contribution in [2.45, 2.75) is 38.6 Å². The van der Waals surface area contributed by atoms with E-state index in [2.05, 4.69) is 10.6 Å². The molecule has 1 aromatic rings. The number of amides is 4. The van der Waals surface area contributed by atoms with Gasteiger partial charge < -0.3 is 24.8 Å². The van der Waals surface area contributed by atoms with E-state index in [0.717, 1.165) is 0 Å². The Balaban J connectivity index is 1.52. The molecule has 0 saturated carbocycles. The van der Waals surface area contributed by atoms with Crippen molar-refractivity contribution in [3.05, 3.63) is 29.3 Å². The molecule has 2 atom stereocenters. The third kappa shape index (κ3) is 5.78. The van der Waals surface area contributed by atoms with Gasteiger partial charge in [-0.05, 0) is 37.1 Å². The lowest BCUT2D eigenvalue weighted by molar-refractivity contribution is -0.136. The third-order valence-electron chi connectivity index (χ3n) is 4.89. The van der Waals surface area contributed by atoms with Gasteiger partial charge in [-0.1, -0.05) is 0 Å². The molecule has 11 nitrogen and oxygen atoms in total. The van der Waals surface area contributed by atoms with Gasteiger partial charge in [0, 0.05) is 30.8 Å². The molecule has 2 aliphatic heterocycles. The Hall–Kier alpha value is -3.02. The molecular formula is C20H26N4O7. The molecule has 1 fully saturated rings. The monoisotopic (exact) mass is 434 g/mol. The minimum atomic E-state index is -0.777. The highest BCUT2D eigenvalue weighted by Gasteiger charge is 2.39. The summed E-state index contributed by atoms with van der Waals surface area (Å²) in [5, 5.41) is 4.86. The van der Waals surface area contributed by atoms with Crippen LogP contribution in [0.1, 0.15) is 35.7 Å². The summed E-state index contributed by atoms with van der Waals surface area (Å²) in [6.07, 6.45) is -1.01. The van der Waals surface area contributed by atoms with Gasteiger partial charge in [0.2, 0.25) is 18.1 Å². The third-order valence-corrected chi connectivity index (χ3v) is 4.89. The van der Waals surface area contributed by atoms with E-state index in [1.54, 1.807) is 25.1 Å². The van der Waals surface area contributed by atoms with Crippen LogP contribution in [0.2, 0.25) is 0 Å². The van der Waals surface area contributed by atoms with Crippen molar-refractivity contribution in [3.8, 4) is 0 Å². The number of piperidine rings is 1. The predicted octanol–water partition coefficient (Wildman–Crippen LogP) is 0.334. The Morgan fingerprint density at radius 2 is 2.10 bits per heavy atom. The number of carbonyl (C=O) groups is 4. The van der Waals surface area contributed by atoms with Gasteiger partial charge in [0.05, 0.1) is 19.8 Å². The van der Waals surface area contributed by atoms with Crippen LogP contribution in [-0.4, -0.2) is 67.4 Å². The SMILES string of the molecule is CC(OCCOCCN)OC(=O)Nc1ccc2c(c1)CN(C1CCC(=O)NC1=O)C2=O. The van der Waals surface area contributed by atoms with Crippen molar-refractivity contribution in [2.75, 3.05) is 31.7 Å². The van der Waals surface area contributed by atoms with E-state index >= 15 is 0 Å². The lowest BCUT2D eigenvalue weighted by Gasteiger charge is -2.29. The van der Waals surface area contributed by atoms with Crippen LogP contribution in [0.3, 0.4) is 0 Å². The molecule has 168 valence electrons. The zero-order valence-electron chi connectivity index (χ0n) is 17.2. The van der Waals surface area contributed by atoms with E-state index in [0.29, 0.717) is 36.6 Å². The van der Waals surface area contributed by atoms with Gasteiger partial charge in [0.25, 0.3) is 5.91 Å². The maximum atomic E-state index is 12.7. The first-order chi connectivity index (χ1) is 14.9. The number of benzene rings is 1. The molecule has 11 heteroatoms. The maximum absolute atomic E-state index is 12.7. The Morgan fingerprint density at radius 3 is 2.84 bits per heavy atom. The summed E-state index contributed by atoms with van der Waals surface area (Å²) < 4.78 is 15.6. The first kappa shape index (κ1) is 22.7. The second kappa shape index (κ2) is 10.3. The molecule has 0 bridgehead atoms. The molecule has 2 heterocycles. The highest BCUT2D eigenvalue weighted by molar-refractivity contribution is 6.05. The topological polar surface area (TPSA) is 149 Å². The number of nitrogens with zero attached hydrogens (tertiary/aromatic N) is 1. The zero-order valence-corrected chi connectivity index (χ0v) is 17.2. The van der Waals surface area contributed by atoms with Gasteiger partial charge in [0.1, 0.15) is 6.04 Å². The van der Waals surface area contributed by atoms with Crippen LogP contribution >= 0.6 is 0 Å². The Kier molecular flexibility index (Phi) is 7.55. The van der Waals surface area contributed by atoms with E-state index in [9.17, 15) is 19.2 Å². The van der Waals surface area contributed by atoms with Crippen molar-refractivity contribution in [1.82, 2.24) is 10.2 Å². The summed E-state index contributed by atoms with van der Waals surface area (Å²) in [4.78, 5) is 49.7. The van der Waals surface area contributed by atoms with Gasteiger partial charge in [0.15, 0.2) is 0 Å². The number of imide groups is 1. The molecule has 3 rings (SSSR count). The van der Waals surface area contributed by atoms with Crippen LogP contribution < -0.4 is 16.4 Å². The van der Waals surface area contributed by atoms with Gasteiger partial charge in [-0.3, -0.25) is 25.0 Å². The van der Waals surface area contributed by atoms with E-state index in [4.69, 9.17) is 19.9 Å². The van der Waals surface area contributed by atoms with Crippen molar-refractivity contribution in [3.63, 3.8) is 0 Å². The Labute approximate surface area is 179 Å². The number of carbonyl (C=O) groups excluding carboxylic acids is 4. The highest BCUT2D eigenvalue weighted by Crippen LogP contribution is 2.29. The number of fused-ring (bicyclic) bond motifs is 1. The fraction of sp³-hybridized carbons (Fsp3) is 0.500. The number of anilines is 1. The fourth-order valence-electron chi connectivity index (χ4n) is 3.44. The first-order valence-electron chi connectivity index (χ1n) is 10.0. The minimum absolute atomic E-state index is 0.189. The average molecular weight is 434 g/mol. The molecule has 0 aliphatic carbocycles.